The van der Waals surface area contributed by atoms with Crippen LogP contribution in [0.25, 0.3) is 0 Å². The van der Waals surface area contributed by atoms with E-state index in [1.807, 2.05) is 11.8 Å². The van der Waals surface area contributed by atoms with Crippen LogP contribution in [0.3, 0.4) is 0 Å². The molecule has 126 valence electrons. The van der Waals surface area contributed by atoms with E-state index in [2.05, 4.69) is 0 Å². The Hall–Kier alpha value is -2.08. The van der Waals surface area contributed by atoms with Crippen LogP contribution in [0.2, 0.25) is 0 Å². The highest BCUT2D eigenvalue weighted by Gasteiger charge is 2.21. The number of nitrogens with zero attached hydrogens (tertiary/aromatic N) is 1. The van der Waals surface area contributed by atoms with Crippen molar-refractivity contribution in [3.8, 4) is 5.75 Å². The van der Waals surface area contributed by atoms with E-state index in [1.54, 1.807) is 18.2 Å². The maximum atomic E-state index is 11.9. The van der Waals surface area contributed by atoms with E-state index in [4.69, 9.17) is 14.2 Å². The summed E-state index contributed by atoms with van der Waals surface area (Å²) in [5.74, 6) is 0.348. The van der Waals surface area contributed by atoms with Gasteiger partial charge in [0, 0.05) is 12.2 Å². The van der Waals surface area contributed by atoms with Crippen LogP contribution < -0.4 is 9.64 Å². The predicted molar refractivity (Wildman–Crippen MR) is 86.2 cm³/mol. The van der Waals surface area contributed by atoms with Crippen LogP contribution in [0, 0.1) is 0 Å². The molecule has 1 heterocycles. The highest BCUT2D eigenvalue weighted by Crippen LogP contribution is 2.32. The smallest absolute Gasteiger partial charge is 0.325 e. The highest BCUT2D eigenvalue weighted by molar-refractivity contribution is 5.95. The molecule has 23 heavy (non-hydrogen) atoms. The molecule has 1 aliphatic rings. The van der Waals surface area contributed by atoms with Gasteiger partial charge in [-0.25, -0.2) is 0 Å². The Bertz CT molecular complexity index is 558. The lowest BCUT2D eigenvalue weighted by Crippen LogP contribution is -2.37. The molecule has 1 aliphatic heterocycles. The Morgan fingerprint density at radius 2 is 2.09 bits per heavy atom. The second-order valence-corrected chi connectivity index (χ2v) is 5.34. The van der Waals surface area contributed by atoms with Crippen molar-refractivity contribution in [2.75, 3.05) is 44.4 Å². The van der Waals surface area contributed by atoms with Crippen molar-refractivity contribution in [2.24, 2.45) is 0 Å². The van der Waals surface area contributed by atoms with Gasteiger partial charge in [-0.15, -0.1) is 0 Å². The summed E-state index contributed by atoms with van der Waals surface area (Å²) in [6, 6.07) is 5.25. The van der Waals surface area contributed by atoms with E-state index < -0.39 is 0 Å². The normalized spacial score (nSPS) is 13.2. The molecular weight excluding hydrogens is 298 g/mol. The molecule has 2 rings (SSSR count). The zero-order valence-electron chi connectivity index (χ0n) is 13.7. The number of carbonyl (C=O) groups is 2. The van der Waals surface area contributed by atoms with Gasteiger partial charge in [0.05, 0.1) is 18.8 Å². The van der Waals surface area contributed by atoms with Crippen molar-refractivity contribution in [3.05, 3.63) is 23.8 Å². The van der Waals surface area contributed by atoms with Gasteiger partial charge in [-0.1, -0.05) is 6.92 Å². The number of ketones is 1. The number of hydrogen-bond acceptors (Lipinski definition) is 6. The Morgan fingerprint density at radius 1 is 1.26 bits per heavy atom. The topological polar surface area (TPSA) is 65.1 Å². The number of fused-ring (bicyclic) bond motifs is 1. The average molecular weight is 321 g/mol. The van der Waals surface area contributed by atoms with Crippen molar-refractivity contribution in [2.45, 2.75) is 20.3 Å². The van der Waals surface area contributed by atoms with Crippen LogP contribution in [-0.2, 0) is 14.3 Å². The Labute approximate surface area is 136 Å². The van der Waals surface area contributed by atoms with Crippen LogP contribution in [0.5, 0.6) is 5.75 Å². The molecule has 0 bridgehead atoms. The largest absolute Gasteiger partial charge is 0.490 e. The van der Waals surface area contributed by atoms with Crippen LogP contribution in [0.4, 0.5) is 5.69 Å². The minimum atomic E-state index is -0.314. The van der Waals surface area contributed by atoms with E-state index >= 15 is 0 Å². The Kier molecular flexibility index (Phi) is 6.40. The van der Waals surface area contributed by atoms with E-state index in [0.29, 0.717) is 37.7 Å². The second kappa shape index (κ2) is 8.53. The Morgan fingerprint density at radius 3 is 2.83 bits per heavy atom. The van der Waals surface area contributed by atoms with Gasteiger partial charge in [0.2, 0.25) is 0 Å². The van der Waals surface area contributed by atoms with Crippen molar-refractivity contribution in [1.82, 2.24) is 0 Å². The molecule has 0 aliphatic carbocycles. The molecule has 1 aromatic carbocycles. The number of Topliss-reactive ketones (excluding diaryl/α,β-unsaturated/α-hetero) is 1. The van der Waals surface area contributed by atoms with E-state index in [9.17, 15) is 9.59 Å². The molecule has 0 saturated heterocycles. The first-order valence-corrected chi connectivity index (χ1v) is 7.88. The van der Waals surface area contributed by atoms with Gasteiger partial charge in [0.1, 0.15) is 25.5 Å². The summed E-state index contributed by atoms with van der Waals surface area (Å²) in [7, 11) is 0. The summed E-state index contributed by atoms with van der Waals surface area (Å²) in [5, 5.41) is 0. The van der Waals surface area contributed by atoms with Crippen LogP contribution in [0.15, 0.2) is 18.2 Å². The van der Waals surface area contributed by atoms with Crippen LogP contribution in [-0.4, -0.2) is 51.3 Å². The lowest BCUT2D eigenvalue weighted by molar-refractivity contribution is -0.143. The molecule has 0 saturated carbocycles. The summed E-state index contributed by atoms with van der Waals surface area (Å²) in [6.07, 6.45) is 0.941. The molecule has 0 fully saturated rings. The quantitative estimate of drug-likeness (QED) is 0.415. The van der Waals surface area contributed by atoms with E-state index in [-0.39, 0.29) is 24.9 Å². The van der Waals surface area contributed by atoms with Crippen LogP contribution in [0.1, 0.15) is 30.6 Å². The predicted octanol–water partition coefficient (Wildman–Crippen LogP) is 2.06. The summed E-state index contributed by atoms with van der Waals surface area (Å²) in [6.45, 7) is 6.08. The molecule has 6 nitrogen and oxygen atoms in total. The minimum Gasteiger partial charge on any atom is -0.490 e. The molecular formula is C17H23NO5. The summed E-state index contributed by atoms with van der Waals surface area (Å²) in [4.78, 5) is 25.3. The van der Waals surface area contributed by atoms with Gasteiger partial charge < -0.3 is 19.1 Å². The third-order valence-electron chi connectivity index (χ3n) is 3.48. The third-order valence-corrected chi connectivity index (χ3v) is 3.48. The molecule has 0 amide bonds. The van der Waals surface area contributed by atoms with Crippen LogP contribution >= 0.6 is 0 Å². The average Bonchev–Trinajstić information content (AvgIpc) is 2.54. The molecule has 0 unspecified atom stereocenters. The van der Waals surface area contributed by atoms with E-state index in [1.165, 1.54) is 6.92 Å². The maximum absolute atomic E-state index is 11.9. The van der Waals surface area contributed by atoms with Crippen molar-refractivity contribution < 1.29 is 23.8 Å². The van der Waals surface area contributed by atoms with Gasteiger partial charge in [0.15, 0.2) is 5.78 Å². The molecule has 0 radical (unpaired) electrons. The van der Waals surface area contributed by atoms with Crippen molar-refractivity contribution in [3.63, 3.8) is 0 Å². The zero-order valence-corrected chi connectivity index (χ0v) is 13.7. The zero-order chi connectivity index (χ0) is 16.7. The van der Waals surface area contributed by atoms with Crippen molar-refractivity contribution >= 4 is 17.4 Å². The van der Waals surface area contributed by atoms with Gasteiger partial charge >= 0.3 is 5.97 Å². The lowest BCUT2D eigenvalue weighted by atomic mass is 10.1. The molecule has 0 spiro atoms. The van der Waals surface area contributed by atoms with Crippen molar-refractivity contribution in [1.29, 1.82) is 0 Å². The first-order chi connectivity index (χ1) is 11.1. The molecule has 6 heteroatoms. The number of ether oxygens (including phenoxy) is 3. The lowest BCUT2D eigenvalue weighted by Gasteiger charge is -2.30. The van der Waals surface area contributed by atoms with Gasteiger partial charge in [-0.2, -0.15) is 0 Å². The summed E-state index contributed by atoms with van der Waals surface area (Å²) in [5.41, 5.74) is 1.35. The maximum Gasteiger partial charge on any atom is 0.325 e. The van der Waals surface area contributed by atoms with Gasteiger partial charge in [0.25, 0.3) is 0 Å². The fourth-order valence-electron chi connectivity index (χ4n) is 2.32. The fourth-order valence-corrected chi connectivity index (χ4v) is 2.32. The number of benzene rings is 1. The SMILES string of the molecule is CCCOCCOC(=O)CN1CCOc2ccc(C(C)=O)cc21. The molecule has 0 aromatic heterocycles. The first kappa shape index (κ1) is 17.3. The number of carbonyl (C=O) groups excluding carboxylic acids is 2. The third kappa shape index (κ3) is 4.96. The minimum absolute atomic E-state index is 0.0195. The second-order valence-electron chi connectivity index (χ2n) is 5.34. The standard InChI is InChI=1S/C17H23NO5/c1-3-7-21-9-10-23-17(20)12-18-6-8-22-16-5-4-14(13(2)19)11-15(16)18/h4-5,11H,3,6-10,12H2,1-2H3. The molecule has 1 aromatic rings. The number of esters is 1. The number of anilines is 1. The summed E-state index contributed by atoms with van der Waals surface area (Å²) >= 11 is 0. The first-order valence-electron chi connectivity index (χ1n) is 7.88. The summed E-state index contributed by atoms with van der Waals surface area (Å²) < 4.78 is 16.0. The Balaban J connectivity index is 1.93. The van der Waals surface area contributed by atoms with Gasteiger partial charge in [-0.3, -0.25) is 9.59 Å². The molecule has 0 atom stereocenters. The number of rotatable bonds is 8. The highest BCUT2D eigenvalue weighted by atomic mass is 16.6. The fraction of sp³-hybridized carbons (Fsp3) is 0.529. The van der Waals surface area contributed by atoms with Gasteiger partial charge in [-0.05, 0) is 31.5 Å². The monoisotopic (exact) mass is 321 g/mol. The van der Waals surface area contributed by atoms with E-state index in [0.717, 1.165) is 12.1 Å². The number of hydrogen-bond donors (Lipinski definition) is 0. The molecule has 0 N–H and O–H groups in total.